The molecular weight excluding hydrogens is 390 g/mol. The van der Waals surface area contributed by atoms with E-state index in [0.717, 1.165) is 26.2 Å². The van der Waals surface area contributed by atoms with Gasteiger partial charge in [-0.25, -0.2) is 9.97 Å². The van der Waals surface area contributed by atoms with E-state index < -0.39 is 0 Å². The summed E-state index contributed by atoms with van der Waals surface area (Å²) in [7, 11) is 4.15. The van der Waals surface area contributed by atoms with Crippen molar-refractivity contribution < 1.29 is 0 Å². The third-order valence-corrected chi connectivity index (χ3v) is 6.00. The zero-order chi connectivity index (χ0) is 19.7. The van der Waals surface area contributed by atoms with Gasteiger partial charge in [-0.3, -0.25) is 4.90 Å². The fourth-order valence-electron chi connectivity index (χ4n) is 3.33. The van der Waals surface area contributed by atoms with Gasteiger partial charge < -0.3 is 10.7 Å². The first-order valence-corrected chi connectivity index (χ1v) is 9.99. The minimum absolute atomic E-state index is 0.0570. The van der Waals surface area contributed by atoms with Crippen molar-refractivity contribution in [3.05, 3.63) is 77.2 Å². The number of hydrogen-bond donors (Lipinski definition) is 2. The van der Waals surface area contributed by atoms with Gasteiger partial charge in [-0.1, -0.05) is 23.7 Å². The lowest BCUT2D eigenvalue weighted by atomic mass is 9.97. The number of pyridine rings is 1. The van der Waals surface area contributed by atoms with Gasteiger partial charge in [-0.15, -0.1) is 11.3 Å². The number of nitrogens with two attached hydrogens (primary N) is 1. The molecule has 0 aliphatic rings. The molecule has 0 spiro atoms. The molecule has 3 N–H and O–H groups in total. The monoisotopic (exact) mass is 409 g/mol. The lowest BCUT2D eigenvalue weighted by Gasteiger charge is -2.25. The average molecular weight is 410 g/mol. The Morgan fingerprint density at radius 2 is 1.86 bits per heavy atom. The maximum atomic E-state index is 6.11. The Labute approximate surface area is 172 Å². The highest BCUT2D eigenvalue weighted by Crippen LogP contribution is 2.43. The normalized spacial score (nSPS) is 12.4. The minimum Gasteiger partial charge on any atom is -0.384 e. The van der Waals surface area contributed by atoms with Gasteiger partial charge in [0.15, 0.2) is 0 Å². The zero-order valence-corrected chi connectivity index (χ0v) is 17.1. The van der Waals surface area contributed by atoms with E-state index in [9.17, 15) is 0 Å². The van der Waals surface area contributed by atoms with E-state index >= 15 is 0 Å². The van der Waals surface area contributed by atoms with Crippen molar-refractivity contribution in [2.75, 3.05) is 19.8 Å². The first-order valence-electron chi connectivity index (χ1n) is 8.80. The van der Waals surface area contributed by atoms with Crippen molar-refractivity contribution in [3.63, 3.8) is 0 Å². The van der Waals surface area contributed by atoms with Gasteiger partial charge in [0.05, 0.1) is 10.9 Å². The van der Waals surface area contributed by atoms with Crippen LogP contribution in [0, 0.1) is 0 Å². The van der Waals surface area contributed by atoms with E-state index in [2.05, 4.69) is 52.1 Å². The second-order valence-corrected chi connectivity index (χ2v) is 8.21. The third kappa shape index (κ3) is 3.67. The molecule has 28 heavy (non-hydrogen) atoms. The number of nitrogens with one attached hydrogen (secondary N) is 1. The molecule has 0 aliphatic carbocycles. The number of thiophene rings is 1. The van der Waals surface area contributed by atoms with Crippen LogP contribution in [0.2, 0.25) is 5.02 Å². The number of aromatic nitrogens is 3. The number of nitrogen functional groups attached to an aromatic ring is 1. The van der Waals surface area contributed by atoms with Crippen molar-refractivity contribution in [2.45, 2.75) is 6.04 Å². The van der Waals surface area contributed by atoms with E-state index in [4.69, 9.17) is 17.3 Å². The van der Waals surface area contributed by atoms with Crippen molar-refractivity contribution in [2.24, 2.45) is 0 Å². The summed E-state index contributed by atoms with van der Waals surface area (Å²) in [5.74, 6) is 1.36. The largest absolute Gasteiger partial charge is 0.384 e. The quantitative estimate of drug-likeness (QED) is 0.481. The highest BCUT2D eigenvalue weighted by atomic mass is 35.5. The summed E-state index contributed by atoms with van der Waals surface area (Å²) in [5.41, 5.74) is 9.30. The number of anilines is 1. The zero-order valence-electron chi connectivity index (χ0n) is 15.6. The molecule has 1 aromatic carbocycles. The Morgan fingerprint density at radius 3 is 2.50 bits per heavy atom. The molecule has 0 fully saturated rings. The van der Waals surface area contributed by atoms with E-state index in [-0.39, 0.29) is 6.04 Å². The summed E-state index contributed by atoms with van der Waals surface area (Å²) in [6.45, 7) is 0. The van der Waals surface area contributed by atoms with Gasteiger partial charge in [0.2, 0.25) is 0 Å². The fourth-order valence-corrected chi connectivity index (χ4v) is 4.60. The first-order chi connectivity index (χ1) is 13.5. The van der Waals surface area contributed by atoms with Crippen molar-refractivity contribution >= 4 is 28.8 Å². The van der Waals surface area contributed by atoms with Crippen LogP contribution in [-0.4, -0.2) is 33.9 Å². The molecule has 7 heteroatoms. The summed E-state index contributed by atoms with van der Waals surface area (Å²) < 4.78 is 0. The number of halogens is 1. The lowest BCUT2D eigenvalue weighted by molar-refractivity contribution is 0.343. The van der Waals surface area contributed by atoms with Crippen LogP contribution >= 0.6 is 22.9 Å². The van der Waals surface area contributed by atoms with Crippen LogP contribution in [0.3, 0.4) is 0 Å². The average Bonchev–Trinajstić information content (AvgIpc) is 3.33. The van der Waals surface area contributed by atoms with E-state index in [1.165, 1.54) is 11.1 Å². The highest BCUT2D eigenvalue weighted by Gasteiger charge is 2.25. The molecule has 142 valence electrons. The molecule has 1 unspecified atom stereocenters. The topological polar surface area (TPSA) is 70.8 Å². The number of benzene rings is 1. The van der Waals surface area contributed by atoms with Crippen LogP contribution in [0.1, 0.15) is 17.2 Å². The molecule has 0 aliphatic heterocycles. The summed E-state index contributed by atoms with van der Waals surface area (Å²) in [6.07, 6.45) is 5.35. The van der Waals surface area contributed by atoms with E-state index in [0.29, 0.717) is 5.82 Å². The minimum atomic E-state index is 0.0570. The summed E-state index contributed by atoms with van der Waals surface area (Å²) in [6, 6.07) is 14.1. The number of rotatable bonds is 5. The predicted molar refractivity (Wildman–Crippen MR) is 117 cm³/mol. The number of imidazole rings is 1. The van der Waals surface area contributed by atoms with Gasteiger partial charge in [0.25, 0.3) is 0 Å². The number of aromatic amines is 1. The highest BCUT2D eigenvalue weighted by molar-refractivity contribution is 7.19. The fraction of sp³-hybridized carbons (Fsp3) is 0.143. The Balaban J connectivity index is 1.89. The van der Waals surface area contributed by atoms with Crippen LogP contribution in [0.4, 0.5) is 5.82 Å². The molecule has 0 amide bonds. The van der Waals surface area contributed by atoms with Crippen LogP contribution in [0.15, 0.2) is 61.1 Å². The molecule has 5 nitrogen and oxygen atoms in total. The van der Waals surface area contributed by atoms with Crippen LogP contribution in [0.5, 0.6) is 0 Å². The van der Waals surface area contributed by atoms with Gasteiger partial charge in [-0.2, -0.15) is 0 Å². The molecule has 3 heterocycles. The number of hydrogen-bond acceptors (Lipinski definition) is 5. The van der Waals surface area contributed by atoms with Crippen LogP contribution < -0.4 is 5.73 Å². The van der Waals surface area contributed by atoms with Gasteiger partial charge in [0.1, 0.15) is 11.6 Å². The maximum Gasteiger partial charge on any atom is 0.147 e. The number of H-pyrrole nitrogens is 1. The molecule has 0 bridgehead atoms. The van der Waals surface area contributed by atoms with Gasteiger partial charge in [0, 0.05) is 28.5 Å². The molecule has 0 radical (unpaired) electrons. The predicted octanol–water partition coefficient (Wildman–Crippen LogP) is 5.09. The molecule has 3 aromatic heterocycles. The molecule has 0 saturated heterocycles. The Morgan fingerprint density at radius 1 is 1.07 bits per heavy atom. The van der Waals surface area contributed by atoms with Crippen molar-refractivity contribution in [1.82, 2.24) is 19.9 Å². The van der Waals surface area contributed by atoms with Gasteiger partial charge >= 0.3 is 0 Å². The second kappa shape index (κ2) is 7.75. The first kappa shape index (κ1) is 18.7. The lowest BCUT2D eigenvalue weighted by Crippen LogP contribution is -2.21. The van der Waals surface area contributed by atoms with Crippen molar-refractivity contribution in [3.8, 4) is 21.1 Å². The smallest absolute Gasteiger partial charge is 0.147 e. The number of nitrogens with zero attached hydrogens (tertiary/aromatic N) is 3. The SMILES string of the molecule is CN(C)C(c1ccc(Cl)cc1)c1cc(-c2ccnc(N)c2)sc1-c1ncc[nH]1. The summed E-state index contributed by atoms with van der Waals surface area (Å²) >= 11 is 7.80. The molecule has 1 atom stereocenters. The molecule has 4 rings (SSSR count). The molecule has 0 saturated carbocycles. The van der Waals surface area contributed by atoms with E-state index in [1.807, 2.05) is 30.5 Å². The Hall–Kier alpha value is -2.67. The Kier molecular flexibility index (Phi) is 5.17. The molecular formula is C21H20ClN5S. The van der Waals surface area contributed by atoms with Gasteiger partial charge in [-0.05, 0) is 61.1 Å². The maximum absolute atomic E-state index is 6.11. The van der Waals surface area contributed by atoms with Crippen LogP contribution in [-0.2, 0) is 0 Å². The standard InChI is InChI=1S/C21H20ClN5S/c1-27(2)19(13-3-5-15(22)6-4-13)16-12-17(14-7-8-24-18(23)11-14)28-20(16)21-25-9-10-26-21/h3-12,19H,1-2H3,(H2,23,24)(H,25,26). The van der Waals surface area contributed by atoms with Crippen molar-refractivity contribution in [1.29, 1.82) is 0 Å². The third-order valence-electron chi connectivity index (χ3n) is 4.54. The summed E-state index contributed by atoms with van der Waals surface area (Å²) in [5, 5.41) is 0.728. The molecule has 4 aromatic rings. The Bertz CT molecular complexity index is 1070. The summed E-state index contributed by atoms with van der Waals surface area (Å²) in [4.78, 5) is 16.3. The second-order valence-electron chi connectivity index (χ2n) is 6.72. The van der Waals surface area contributed by atoms with E-state index in [1.54, 1.807) is 23.7 Å². The van der Waals surface area contributed by atoms with Crippen LogP contribution in [0.25, 0.3) is 21.1 Å².